The van der Waals surface area contributed by atoms with Crippen molar-refractivity contribution in [3.8, 4) is 11.3 Å². The summed E-state index contributed by atoms with van der Waals surface area (Å²) in [6.07, 6.45) is 3.52. The second-order valence-electron chi connectivity index (χ2n) is 6.52. The Kier molecular flexibility index (Phi) is 4.71. The van der Waals surface area contributed by atoms with Crippen molar-refractivity contribution in [2.45, 2.75) is 6.54 Å². The molecule has 0 saturated carbocycles. The first-order chi connectivity index (χ1) is 14.3. The smallest absolute Gasteiger partial charge is 0.188 e. The summed E-state index contributed by atoms with van der Waals surface area (Å²) in [6.45, 7) is 0.681. The Morgan fingerprint density at radius 2 is 1.86 bits per heavy atom. The standard InChI is InChI=1S/C22H16ClN5S/c23-18-7-4-10-24-20(18)16-8-9-19-17(13-16)21(26-22-25-11-12-29-22)27-28(19)14-15-5-2-1-3-6-15/h1-13H,14H2,(H,25,26,27). The topological polar surface area (TPSA) is 55.6 Å². The number of anilines is 2. The highest BCUT2D eigenvalue weighted by Crippen LogP contribution is 2.33. The Balaban J connectivity index is 1.63. The van der Waals surface area contributed by atoms with Gasteiger partial charge in [0.15, 0.2) is 10.9 Å². The SMILES string of the molecule is Clc1cccnc1-c1ccc2c(c1)c(Nc1nccs1)nn2Cc1ccccc1. The Labute approximate surface area is 176 Å². The van der Waals surface area contributed by atoms with Crippen molar-refractivity contribution in [2.75, 3.05) is 5.32 Å². The first kappa shape index (κ1) is 17.8. The average molecular weight is 418 g/mol. The molecule has 5 aromatic rings. The average Bonchev–Trinajstić information content (AvgIpc) is 3.38. The molecule has 2 aromatic carbocycles. The molecule has 0 aliphatic heterocycles. The molecule has 1 N–H and O–H groups in total. The number of thiazole rings is 1. The van der Waals surface area contributed by atoms with Crippen LogP contribution in [0.5, 0.6) is 0 Å². The number of hydrogen-bond donors (Lipinski definition) is 1. The molecule has 0 fully saturated rings. The second kappa shape index (κ2) is 7.66. The third-order valence-corrected chi connectivity index (χ3v) is 5.61. The minimum absolute atomic E-state index is 0.623. The predicted octanol–water partition coefficient (Wildman–Crippen LogP) is 6.00. The molecule has 142 valence electrons. The molecule has 0 aliphatic carbocycles. The Morgan fingerprint density at radius 3 is 2.66 bits per heavy atom. The van der Waals surface area contributed by atoms with Gasteiger partial charge in [-0.25, -0.2) is 4.98 Å². The zero-order valence-corrected chi connectivity index (χ0v) is 16.9. The van der Waals surface area contributed by atoms with Crippen LogP contribution in [-0.4, -0.2) is 19.7 Å². The van der Waals surface area contributed by atoms with Crippen molar-refractivity contribution >= 4 is 44.8 Å². The van der Waals surface area contributed by atoms with Gasteiger partial charge in [-0.2, -0.15) is 5.10 Å². The van der Waals surface area contributed by atoms with E-state index in [1.165, 1.54) is 16.9 Å². The molecule has 0 radical (unpaired) electrons. The molecule has 0 unspecified atom stereocenters. The van der Waals surface area contributed by atoms with E-state index >= 15 is 0 Å². The summed E-state index contributed by atoms with van der Waals surface area (Å²) in [5.74, 6) is 0.764. The Morgan fingerprint density at radius 1 is 0.966 bits per heavy atom. The van der Waals surface area contributed by atoms with Crippen LogP contribution < -0.4 is 5.32 Å². The quantitative estimate of drug-likeness (QED) is 0.381. The normalized spacial score (nSPS) is 11.1. The molecule has 29 heavy (non-hydrogen) atoms. The fraction of sp³-hybridized carbons (Fsp3) is 0.0455. The van der Waals surface area contributed by atoms with Gasteiger partial charge in [-0.05, 0) is 29.8 Å². The lowest BCUT2D eigenvalue weighted by Crippen LogP contribution is -2.02. The number of pyridine rings is 1. The molecular weight excluding hydrogens is 402 g/mol. The summed E-state index contributed by atoms with van der Waals surface area (Å²) >= 11 is 7.91. The summed E-state index contributed by atoms with van der Waals surface area (Å²) in [4.78, 5) is 8.78. The summed E-state index contributed by atoms with van der Waals surface area (Å²) in [7, 11) is 0. The maximum atomic E-state index is 6.37. The lowest BCUT2D eigenvalue weighted by atomic mass is 10.1. The maximum absolute atomic E-state index is 6.37. The van der Waals surface area contributed by atoms with Crippen molar-refractivity contribution in [1.82, 2.24) is 19.7 Å². The van der Waals surface area contributed by atoms with Crippen LogP contribution in [0.15, 0.2) is 78.4 Å². The number of rotatable bonds is 5. The largest absolute Gasteiger partial charge is 0.314 e. The van der Waals surface area contributed by atoms with Crippen LogP contribution in [0.25, 0.3) is 22.2 Å². The third-order valence-electron chi connectivity index (χ3n) is 4.62. The van der Waals surface area contributed by atoms with E-state index in [0.717, 1.165) is 33.1 Å². The van der Waals surface area contributed by atoms with Gasteiger partial charge in [-0.1, -0.05) is 48.0 Å². The number of halogens is 1. The number of benzene rings is 2. The fourth-order valence-electron chi connectivity index (χ4n) is 3.28. The summed E-state index contributed by atoms with van der Waals surface area (Å²) < 4.78 is 2.00. The van der Waals surface area contributed by atoms with Crippen molar-refractivity contribution in [1.29, 1.82) is 0 Å². The number of fused-ring (bicyclic) bond motifs is 1. The van der Waals surface area contributed by atoms with Crippen molar-refractivity contribution in [3.63, 3.8) is 0 Å². The van der Waals surface area contributed by atoms with Gasteiger partial charge in [0, 0.05) is 28.7 Å². The zero-order valence-electron chi connectivity index (χ0n) is 15.3. The molecule has 0 amide bonds. The molecule has 0 saturated heterocycles. The predicted molar refractivity (Wildman–Crippen MR) is 119 cm³/mol. The number of aromatic nitrogens is 4. The van der Waals surface area contributed by atoms with Crippen LogP contribution in [0.1, 0.15) is 5.56 Å². The lowest BCUT2D eigenvalue weighted by Gasteiger charge is -2.06. The van der Waals surface area contributed by atoms with Gasteiger partial charge in [0.2, 0.25) is 0 Å². The molecule has 0 atom stereocenters. The number of nitrogens with zero attached hydrogens (tertiary/aromatic N) is 4. The van der Waals surface area contributed by atoms with E-state index in [0.29, 0.717) is 11.6 Å². The van der Waals surface area contributed by atoms with E-state index in [2.05, 4.69) is 39.6 Å². The van der Waals surface area contributed by atoms with Crippen LogP contribution in [0, 0.1) is 0 Å². The molecule has 5 nitrogen and oxygen atoms in total. The van der Waals surface area contributed by atoms with Gasteiger partial charge in [0.05, 0.1) is 22.8 Å². The van der Waals surface area contributed by atoms with Crippen LogP contribution in [0.4, 0.5) is 10.9 Å². The van der Waals surface area contributed by atoms with E-state index in [1.54, 1.807) is 12.4 Å². The molecule has 0 aliphatic rings. The van der Waals surface area contributed by atoms with E-state index in [9.17, 15) is 0 Å². The monoisotopic (exact) mass is 417 g/mol. The highest BCUT2D eigenvalue weighted by Gasteiger charge is 2.15. The van der Waals surface area contributed by atoms with Crippen LogP contribution in [0.2, 0.25) is 5.02 Å². The van der Waals surface area contributed by atoms with Gasteiger partial charge < -0.3 is 5.32 Å². The van der Waals surface area contributed by atoms with E-state index in [4.69, 9.17) is 16.7 Å². The Bertz CT molecular complexity index is 1270. The molecule has 0 bridgehead atoms. The van der Waals surface area contributed by atoms with E-state index in [1.807, 2.05) is 46.5 Å². The highest BCUT2D eigenvalue weighted by molar-refractivity contribution is 7.13. The minimum Gasteiger partial charge on any atom is -0.314 e. The van der Waals surface area contributed by atoms with Crippen LogP contribution >= 0.6 is 22.9 Å². The van der Waals surface area contributed by atoms with Crippen molar-refractivity contribution in [2.24, 2.45) is 0 Å². The van der Waals surface area contributed by atoms with E-state index in [-0.39, 0.29) is 0 Å². The van der Waals surface area contributed by atoms with Gasteiger partial charge in [-0.15, -0.1) is 11.3 Å². The summed E-state index contributed by atoms with van der Waals surface area (Å²) in [6, 6.07) is 20.2. The molecule has 7 heteroatoms. The molecular formula is C22H16ClN5S. The number of hydrogen-bond acceptors (Lipinski definition) is 5. The molecule has 3 heterocycles. The lowest BCUT2D eigenvalue weighted by molar-refractivity contribution is 0.715. The van der Waals surface area contributed by atoms with Gasteiger partial charge in [0.25, 0.3) is 0 Å². The van der Waals surface area contributed by atoms with Gasteiger partial charge in [-0.3, -0.25) is 9.67 Å². The van der Waals surface area contributed by atoms with Crippen LogP contribution in [-0.2, 0) is 6.54 Å². The van der Waals surface area contributed by atoms with Crippen molar-refractivity contribution < 1.29 is 0 Å². The molecule has 0 spiro atoms. The first-order valence-corrected chi connectivity index (χ1v) is 10.4. The first-order valence-electron chi connectivity index (χ1n) is 9.10. The van der Waals surface area contributed by atoms with E-state index < -0.39 is 0 Å². The minimum atomic E-state index is 0.623. The summed E-state index contributed by atoms with van der Waals surface area (Å²) in [5, 5.41) is 12.5. The second-order valence-corrected chi connectivity index (χ2v) is 7.82. The zero-order chi connectivity index (χ0) is 19.6. The summed E-state index contributed by atoms with van der Waals surface area (Å²) in [5.41, 5.74) is 3.93. The number of nitrogens with one attached hydrogen (secondary N) is 1. The highest BCUT2D eigenvalue weighted by atomic mass is 35.5. The van der Waals surface area contributed by atoms with Gasteiger partial charge in [0.1, 0.15) is 0 Å². The van der Waals surface area contributed by atoms with Crippen molar-refractivity contribution in [3.05, 3.63) is 89.0 Å². The fourth-order valence-corrected chi connectivity index (χ4v) is 4.04. The third kappa shape index (κ3) is 3.60. The maximum Gasteiger partial charge on any atom is 0.188 e. The molecule has 3 aromatic heterocycles. The molecule has 5 rings (SSSR count). The van der Waals surface area contributed by atoms with Gasteiger partial charge >= 0.3 is 0 Å². The van der Waals surface area contributed by atoms with Crippen LogP contribution in [0.3, 0.4) is 0 Å². The Hall–Kier alpha value is -3.22.